The molecule has 0 radical (unpaired) electrons. The van der Waals surface area contributed by atoms with Crippen LogP contribution in [0.3, 0.4) is 0 Å². The maximum Gasteiger partial charge on any atom is 0.419 e. The van der Waals surface area contributed by atoms with E-state index in [9.17, 15) is 13.2 Å². The van der Waals surface area contributed by atoms with E-state index in [-0.39, 0.29) is 10.8 Å². The molecule has 0 bridgehead atoms. The van der Waals surface area contributed by atoms with Crippen LogP contribution in [0.4, 0.5) is 0 Å². The van der Waals surface area contributed by atoms with Crippen molar-refractivity contribution >= 4 is 32.7 Å². The van der Waals surface area contributed by atoms with Gasteiger partial charge in [0.1, 0.15) is 0 Å². The first-order valence-electron chi connectivity index (χ1n) is 9.21. The lowest BCUT2D eigenvalue weighted by molar-refractivity contribution is 0.406. The van der Waals surface area contributed by atoms with Gasteiger partial charge >= 0.3 is 5.76 Å². The second-order valence-corrected chi connectivity index (χ2v) is 9.54. The van der Waals surface area contributed by atoms with Gasteiger partial charge in [-0.25, -0.2) is 13.2 Å². The van der Waals surface area contributed by atoms with Crippen molar-refractivity contribution in [1.82, 2.24) is 8.87 Å². The third kappa shape index (κ3) is 3.50. The molecule has 1 aromatic heterocycles. The first-order chi connectivity index (χ1) is 13.4. The van der Waals surface area contributed by atoms with Crippen molar-refractivity contribution in [3.63, 3.8) is 0 Å². The number of rotatable bonds is 3. The molecule has 0 amide bonds. The molecule has 28 heavy (non-hydrogen) atoms. The van der Waals surface area contributed by atoms with Crippen molar-refractivity contribution in [2.24, 2.45) is 7.05 Å². The second kappa shape index (κ2) is 7.39. The van der Waals surface area contributed by atoms with Gasteiger partial charge in [-0.2, -0.15) is 4.31 Å². The molecule has 0 N–H and O–H groups in total. The molecule has 6 nitrogen and oxygen atoms in total. The minimum atomic E-state index is -3.68. The van der Waals surface area contributed by atoms with Crippen LogP contribution in [0, 0.1) is 0 Å². The van der Waals surface area contributed by atoms with E-state index < -0.39 is 15.8 Å². The number of nitrogens with zero attached hydrogens (tertiary/aromatic N) is 2. The molecular weight excluding hydrogens is 400 g/mol. The highest BCUT2D eigenvalue weighted by molar-refractivity contribution is 7.89. The summed E-state index contributed by atoms with van der Waals surface area (Å²) in [7, 11) is -2.12. The molecule has 4 rings (SSSR count). The van der Waals surface area contributed by atoms with Gasteiger partial charge in [0.15, 0.2) is 5.58 Å². The number of fused-ring (bicyclic) bond motifs is 1. The maximum absolute atomic E-state index is 13.3. The van der Waals surface area contributed by atoms with E-state index in [1.165, 1.54) is 22.8 Å². The van der Waals surface area contributed by atoms with Gasteiger partial charge in [-0.15, -0.1) is 0 Å². The summed E-state index contributed by atoms with van der Waals surface area (Å²) in [6.07, 6.45) is 2.72. The van der Waals surface area contributed by atoms with E-state index >= 15 is 0 Å². The predicted molar refractivity (Wildman–Crippen MR) is 108 cm³/mol. The highest BCUT2D eigenvalue weighted by atomic mass is 35.5. The minimum absolute atomic E-state index is 0.122. The number of hydrogen-bond donors (Lipinski definition) is 0. The third-order valence-electron chi connectivity index (χ3n) is 5.38. The summed E-state index contributed by atoms with van der Waals surface area (Å²) < 4.78 is 34.6. The number of oxazole rings is 1. The number of benzene rings is 2. The Kier molecular flexibility index (Phi) is 5.07. The zero-order valence-electron chi connectivity index (χ0n) is 15.5. The Morgan fingerprint density at radius 3 is 2.61 bits per heavy atom. The Bertz CT molecular complexity index is 1170. The number of halogens is 1. The Morgan fingerprint density at radius 2 is 1.86 bits per heavy atom. The van der Waals surface area contributed by atoms with Gasteiger partial charge in [-0.3, -0.25) is 4.57 Å². The average Bonchev–Trinajstić information content (AvgIpc) is 2.86. The van der Waals surface area contributed by atoms with Gasteiger partial charge in [0.2, 0.25) is 10.0 Å². The number of hydrogen-bond acceptors (Lipinski definition) is 4. The zero-order chi connectivity index (χ0) is 19.9. The molecule has 0 saturated carbocycles. The highest BCUT2D eigenvalue weighted by Crippen LogP contribution is 2.31. The highest BCUT2D eigenvalue weighted by Gasteiger charge is 2.30. The van der Waals surface area contributed by atoms with Crippen LogP contribution in [-0.2, 0) is 17.1 Å². The number of aromatic nitrogens is 1. The molecule has 8 heteroatoms. The predicted octanol–water partition coefficient (Wildman–Crippen LogP) is 3.74. The summed E-state index contributed by atoms with van der Waals surface area (Å²) in [6.45, 7) is 0.904. The Hall–Kier alpha value is -2.09. The first-order valence-corrected chi connectivity index (χ1v) is 11.0. The van der Waals surface area contributed by atoms with E-state index in [1.54, 1.807) is 11.4 Å². The van der Waals surface area contributed by atoms with Crippen molar-refractivity contribution in [3.8, 4) is 0 Å². The Morgan fingerprint density at radius 1 is 1.11 bits per heavy atom. The molecular formula is C20H21ClN2O4S. The first kappa shape index (κ1) is 19.2. The summed E-state index contributed by atoms with van der Waals surface area (Å²) in [5, 5.41) is 0.667. The lowest BCUT2D eigenvalue weighted by atomic mass is 9.95. The van der Waals surface area contributed by atoms with Crippen LogP contribution in [0.5, 0.6) is 0 Å². The van der Waals surface area contributed by atoms with Crippen LogP contribution in [0.2, 0.25) is 5.02 Å². The summed E-state index contributed by atoms with van der Waals surface area (Å²) in [5.74, 6) is -0.390. The SMILES string of the molecule is Cn1c(=O)oc2ccc(S(=O)(=O)N3CCCCC(c4ccc(Cl)cc4)C3)cc21. The van der Waals surface area contributed by atoms with E-state index in [2.05, 4.69) is 0 Å². The van der Waals surface area contributed by atoms with Crippen LogP contribution in [0.25, 0.3) is 11.1 Å². The monoisotopic (exact) mass is 420 g/mol. The minimum Gasteiger partial charge on any atom is -0.408 e. The maximum atomic E-state index is 13.3. The van der Waals surface area contributed by atoms with Crippen LogP contribution >= 0.6 is 11.6 Å². The number of aryl methyl sites for hydroxylation is 1. The van der Waals surface area contributed by atoms with Crippen LogP contribution in [0.1, 0.15) is 30.7 Å². The smallest absolute Gasteiger partial charge is 0.408 e. The van der Waals surface area contributed by atoms with E-state index in [0.717, 1.165) is 24.8 Å². The van der Waals surface area contributed by atoms with Gasteiger partial charge in [0.05, 0.1) is 10.4 Å². The molecule has 2 aromatic carbocycles. The van der Waals surface area contributed by atoms with Gasteiger partial charge < -0.3 is 4.42 Å². The van der Waals surface area contributed by atoms with Crippen LogP contribution in [-0.4, -0.2) is 30.4 Å². The fourth-order valence-electron chi connectivity index (χ4n) is 3.75. The van der Waals surface area contributed by atoms with Gasteiger partial charge in [0.25, 0.3) is 0 Å². The Balaban J connectivity index is 1.68. The van der Waals surface area contributed by atoms with Crippen LogP contribution < -0.4 is 5.76 Å². The lowest BCUT2D eigenvalue weighted by Crippen LogP contribution is -2.34. The van der Waals surface area contributed by atoms with Crippen molar-refractivity contribution in [1.29, 1.82) is 0 Å². The third-order valence-corrected chi connectivity index (χ3v) is 7.49. The molecule has 1 saturated heterocycles. The quantitative estimate of drug-likeness (QED) is 0.647. The standard InChI is InChI=1S/C20H21ClN2O4S/c1-22-18-12-17(9-10-19(18)27-20(22)24)28(25,26)23-11-3-2-4-15(13-23)14-5-7-16(21)8-6-14/h5-10,12,15H,2-4,11,13H2,1H3. The molecule has 3 aromatic rings. The fraction of sp³-hybridized carbons (Fsp3) is 0.350. The molecule has 1 unspecified atom stereocenters. The molecule has 1 aliphatic rings. The van der Waals surface area contributed by atoms with Crippen molar-refractivity contribution in [2.75, 3.05) is 13.1 Å². The molecule has 148 valence electrons. The Labute approximate surface area is 168 Å². The summed E-state index contributed by atoms with van der Waals surface area (Å²) in [4.78, 5) is 11.9. The topological polar surface area (TPSA) is 72.5 Å². The largest absolute Gasteiger partial charge is 0.419 e. The van der Waals surface area contributed by atoms with Gasteiger partial charge in [-0.05, 0) is 54.7 Å². The molecule has 1 atom stereocenters. The molecule has 0 aliphatic carbocycles. The van der Waals surface area contributed by atoms with Gasteiger partial charge in [-0.1, -0.05) is 30.2 Å². The summed E-state index contributed by atoms with van der Waals surface area (Å²) >= 11 is 5.99. The van der Waals surface area contributed by atoms with Crippen molar-refractivity contribution in [3.05, 3.63) is 63.6 Å². The van der Waals surface area contributed by atoms with Crippen molar-refractivity contribution < 1.29 is 12.8 Å². The zero-order valence-corrected chi connectivity index (χ0v) is 17.0. The lowest BCUT2D eigenvalue weighted by Gasteiger charge is -2.24. The van der Waals surface area contributed by atoms with Crippen LogP contribution in [0.15, 0.2) is 56.6 Å². The molecule has 1 fully saturated rings. The van der Waals surface area contributed by atoms with Crippen molar-refractivity contribution in [2.45, 2.75) is 30.1 Å². The average molecular weight is 421 g/mol. The van der Waals surface area contributed by atoms with E-state index in [1.807, 2.05) is 24.3 Å². The molecule has 2 heterocycles. The summed E-state index contributed by atoms with van der Waals surface area (Å²) in [6, 6.07) is 12.2. The summed E-state index contributed by atoms with van der Waals surface area (Å²) in [5.41, 5.74) is 1.94. The molecule has 1 aliphatic heterocycles. The fourth-order valence-corrected chi connectivity index (χ4v) is 5.42. The van der Waals surface area contributed by atoms with E-state index in [4.69, 9.17) is 16.0 Å². The normalized spacial score (nSPS) is 19.0. The molecule has 0 spiro atoms. The van der Waals surface area contributed by atoms with Gasteiger partial charge in [0, 0.05) is 25.2 Å². The van der Waals surface area contributed by atoms with E-state index in [0.29, 0.717) is 29.2 Å². The number of sulfonamides is 1. The second-order valence-electron chi connectivity index (χ2n) is 7.16.